The van der Waals surface area contributed by atoms with Gasteiger partial charge >= 0.3 is 0 Å². The minimum atomic E-state index is -1.96. The molecule has 2 heterocycles. The first kappa shape index (κ1) is 29.3. The van der Waals surface area contributed by atoms with Crippen LogP contribution in [0.1, 0.15) is 36.7 Å². The number of aliphatic hydroxyl groups is 1. The summed E-state index contributed by atoms with van der Waals surface area (Å²) in [7, 11) is 2.19. The second-order valence-corrected chi connectivity index (χ2v) is 17.3. The van der Waals surface area contributed by atoms with Gasteiger partial charge in [0.2, 0.25) is 5.95 Å². The van der Waals surface area contributed by atoms with Crippen molar-refractivity contribution in [3.8, 4) is 5.75 Å². The fourth-order valence-electron chi connectivity index (χ4n) is 4.80. The summed E-state index contributed by atoms with van der Waals surface area (Å²) >= 11 is 0. The number of anilines is 1. The van der Waals surface area contributed by atoms with Gasteiger partial charge in [0.15, 0.2) is 8.32 Å². The second-order valence-electron chi connectivity index (χ2n) is 12.5. The Kier molecular flexibility index (Phi) is 8.85. The van der Waals surface area contributed by atoms with E-state index < -0.39 is 8.32 Å². The van der Waals surface area contributed by atoms with E-state index in [0.29, 0.717) is 37.7 Å². The largest absolute Gasteiger partial charge is 0.493 e. The SMILES string of the molecule is CN(C)CC(CO[Si](C)(C)C(C)(C)C)Cn1c(NC(=O)c2ccccc2)nc2ccc3c(c21)CC(CO)CO3. The Balaban J connectivity index is 1.75. The Morgan fingerprint density at radius 2 is 1.95 bits per heavy atom. The molecule has 0 fully saturated rings. The summed E-state index contributed by atoms with van der Waals surface area (Å²) < 4.78 is 14.8. The summed E-state index contributed by atoms with van der Waals surface area (Å²) in [4.78, 5) is 20.3. The van der Waals surface area contributed by atoms with Gasteiger partial charge in [-0.2, -0.15) is 0 Å². The quantitative estimate of drug-likeness (QED) is 0.343. The predicted octanol–water partition coefficient (Wildman–Crippen LogP) is 5.03. The Hall–Kier alpha value is -2.72. The van der Waals surface area contributed by atoms with E-state index in [1.54, 1.807) is 12.1 Å². The van der Waals surface area contributed by atoms with Crippen LogP contribution in [0.3, 0.4) is 0 Å². The molecule has 4 rings (SSSR count). The lowest BCUT2D eigenvalue weighted by Gasteiger charge is -2.37. The van der Waals surface area contributed by atoms with Gasteiger partial charge in [-0.25, -0.2) is 4.98 Å². The van der Waals surface area contributed by atoms with E-state index in [-0.39, 0.29) is 29.4 Å². The minimum Gasteiger partial charge on any atom is -0.493 e. The van der Waals surface area contributed by atoms with Crippen molar-refractivity contribution in [2.45, 2.75) is 51.9 Å². The van der Waals surface area contributed by atoms with E-state index in [2.05, 4.69) is 62.7 Å². The van der Waals surface area contributed by atoms with Gasteiger partial charge in [-0.1, -0.05) is 39.0 Å². The third-order valence-corrected chi connectivity index (χ3v) is 12.5. The van der Waals surface area contributed by atoms with Crippen molar-refractivity contribution in [1.82, 2.24) is 14.5 Å². The average molecular weight is 553 g/mol. The van der Waals surface area contributed by atoms with Crippen LogP contribution < -0.4 is 10.1 Å². The van der Waals surface area contributed by atoms with Crippen molar-refractivity contribution in [3.63, 3.8) is 0 Å². The highest BCUT2D eigenvalue weighted by Crippen LogP contribution is 2.38. The van der Waals surface area contributed by atoms with E-state index in [0.717, 1.165) is 28.9 Å². The Morgan fingerprint density at radius 1 is 1.23 bits per heavy atom. The lowest BCUT2D eigenvalue weighted by Crippen LogP contribution is -2.43. The van der Waals surface area contributed by atoms with Crippen LogP contribution in [0.2, 0.25) is 18.1 Å². The topological polar surface area (TPSA) is 88.9 Å². The molecule has 0 radical (unpaired) electrons. The first-order valence-electron chi connectivity index (χ1n) is 13.8. The number of nitrogens with one attached hydrogen (secondary N) is 1. The maximum absolute atomic E-state index is 13.2. The molecule has 2 unspecified atom stereocenters. The van der Waals surface area contributed by atoms with E-state index >= 15 is 0 Å². The fraction of sp³-hybridized carbons (Fsp3) is 0.533. The van der Waals surface area contributed by atoms with Crippen molar-refractivity contribution in [2.75, 3.05) is 45.8 Å². The number of imidazole rings is 1. The molecular weight excluding hydrogens is 508 g/mol. The van der Waals surface area contributed by atoms with Crippen LogP contribution in [0, 0.1) is 11.8 Å². The highest BCUT2D eigenvalue weighted by Gasteiger charge is 2.38. The predicted molar refractivity (Wildman–Crippen MR) is 159 cm³/mol. The van der Waals surface area contributed by atoms with E-state index in [9.17, 15) is 9.90 Å². The summed E-state index contributed by atoms with van der Waals surface area (Å²) in [5.74, 6) is 1.30. The normalized spacial score (nSPS) is 16.7. The number of carbonyl (C=O) groups excluding carboxylic acids is 1. The number of fused-ring (bicyclic) bond motifs is 3. The summed E-state index contributed by atoms with van der Waals surface area (Å²) in [5, 5.41) is 13.1. The minimum absolute atomic E-state index is 0.0216. The molecule has 0 spiro atoms. The molecule has 1 aromatic heterocycles. The maximum atomic E-state index is 13.2. The molecule has 9 heteroatoms. The molecule has 1 amide bonds. The Bertz CT molecular complexity index is 1280. The lowest BCUT2D eigenvalue weighted by molar-refractivity contribution is 0.102. The summed E-state index contributed by atoms with van der Waals surface area (Å²) in [6.07, 6.45) is 0.694. The number of hydrogen-bond donors (Lipinski definition) is 2. The van der Waals surface area contributed by atoms with E-state index in [4.69, 9.17) is 14.1 Å². The first-order chi connectivity index (χ1) is 18.4. The zero-order valence-corrected chi connectivity index (χ0v) is 25.5. The molecule has 0 bridgehead atoms. The first-order valence-corrected chi connectivity index (χ1v) is 16.7. The van der Waals surface area contributed by atoms with Gasteiger partial charge in [0, 0.05) is 49.3 Å². The van der Waals surface area contributed by atoms with Crippen molar-refractivity contribution < 1.29 is 19.1 Å². The van der Waals surface area contributed by atoms with E-state index in [1.807, 2.05) is 30.3 Å². The van der Waals surface area contributed by atoms with Gasteiger partial charge in [-0.15, -0.1) is 0 Å². The molecule has 39 heavy (non-hydrogen) atoms. The van der Waals surface area contributed by atoms with Gasteiger partial charge < -0.3 is 23.7 Å². The van der Waals surface area contributed by atoms with Crippen molar-refractivity contribution >= 4 is 31.2 Å². The molecule has 0 aliphatic carbocycles. The number of rotatable bonds is 10. The number of benzene rings is 2. The fourth-order valence-corrected chi connectivity index (χ4v) is 5.88. The molecule has 1 aliphatic rings. The highest BCUT2D eigenvalue weighted by molar-refractivity contribution is 6.74. The van der Waals surface area contributed by atoms with Gasteiger partial charge in [-0.05, 0) is 62.9 Å². The van der Waals surface area contributed by atoms with Crippen molar-refractivity contribution in [1.29, 1.82) is 0 Å². The number of aromatic nitrogens is 2. The third kappa shape index (κ3) is 6.71. The number of hydrogen-bond acceptors (Lipinski definition) is 6. The molecule has 2 N–H and O–H groups in total. The molecular formula is C30H44N4O4Si. The zero-order valence-electron chi connectivity index (χ0n) is 24.5. The molecule has 3 aromatic rings. The van der Waals surface area contributed by atoms with Crippen LogP contribution in [0.25, 0.3) is 11.0 Å². The number of carbonyl (C=O) groups is 1. The molecule has 2 aromatic carbocycles. The Labute approximate surface area is 233 Å². The summed E-state index contributed by atoms with van der Waals surface area (Å²) in [6, 6.07) is 13.1. The molecule has 0 saturated carbocycles. The van der Waals surface area contributed by atoms with Crippen LogP contribution in [-0.4, -0.2) is 74.2 Å². The monoisotopic (exact) mass is 552 g/mol. The summed E-state index contributed by atoms with van der Waals surface area (Å²) in [5.41, 5.74) is 3.35. The standard InChI is InChI=1S/C30H44N4O4Si/c1-30(2,3)39(6,7)38-20-22(16-33(4)5)17-34-27-24-15-21(18-35)19-37-26(24)14-13-25(27)31-29(34)32-28(36)23-11-9-8-10-12-23/h8-14,21-22,35H,15-20H2,1-7H3,(H,31,32,36). The zero-order chi connectivity index (χ0) is 28.4. The molecule has 1 aliphatic heterocycles. The van der Waals surface area contributed by atoms with Gasteiger partial charge in [0.1, 0.15) is 5.75 Å². The maximum Gasteiger partial charge on any atom is 0.257 e. The highest BCUT2D eigenvalue weighted by atomic mass is 28.4. The van der Waals surface area contributed by atoms with Crippen LogP contribution >= 0.6 is 0 Å². The van der Waals surface area contributed by atoms with Gasteiger partial charge in [-0.3, -0.25) is 10.1 Å². The number of nitrogens with zero attached hydrogens (tertiary/aromatic N) is 3. The van der Waals surface area contributed by atoms with Crippen molar-refractivity contribution in [2.24, 2.45) is 11.8 Å². The molecule has 2 atom stereocenters. The number of amides is 1. The number of aliphatic hydroxyl groups excluding tert-OH is 1. The average Bonchev–Trinajstić information content (AvgIpc) is 3.23. The molecule has 8 nitrogen and oxygen atoms in total. The number of ether oxygens (including phenoxy) is 1. The summed E-state index contributed by atoms with van der Waals surface area (Å²) in [6.45, 7) is 13.9. The van der Waals surface area contributed by atoms with E-state index in [1.165, 1.54) is 0 Å². The lowest BCUT2D eigenvalue weighted by atomic mass is 9.96. The molecule has 0 saturated heterocycles. The van der Waals surface area contributed by atoms with Crippen molar-refractivity contribution in [3.05, 3.63) is 53.6 Å². The van der Waals surface area contributed by atoms with Crippen LogP contribution in [0.5, 0.6) is 5.75 Å². The second kappa shape index (κ2) is 11.8. The Morgan fingerprint density at radius 3 is 2.59 bits per heavy atom. The smallest absolute Gasteiger partial charge is 0.257 e. The van der Waals surface area contributed by atoms with Crippen LogP contribution in [-0.2, 0) is 17.4 Å². The third-order valence-electron chi connectivity index (χ3n) is 8.01. The van der Waals surface area contributed by atoms with Gasteiger partial charge in [0.25, 0.3) is 5.91 Å². The van der Waals surface area contributed by atoms with Crippen LogP contribution in [0.4, 0.5) is 5.95 Å². The van der Waals surface area contributed by atoms with Crippen LogP contribution in [0.15, 0.2) is 42.5 Å². The molecule has 212 valence electrons. The van der Waals surface area contributed by atoms with Gasteiger partial charge in [0.05, 0.1) is 17.6 Å².